The SMILES string of the molecule is CC1CCC=[N+]1C. The first-order valence-electron chi connectivity index (χ1n) is 2.86. The molecule has 1 atom stereocenters. The summed E-state index contributed by atoms with van der Waals surface area (Å²) in [6, 6.07) is 0.792. The van der Waals surface area contributed by atoms with Crippen LogP contribution < -0.4 is 0 Å². The second kappa shape index (κ2) is 1.65. The van der Waals surface area contributed by atoms with Gasteiger partial charge in [0.05, 0.1) is 0 Å². The van der Waals surface area contributed by atoms with Crippen LogP contribution in [-0.2, 0) is 0 Å². The highest BCUT2D eigenvalue weighted by Crippen LogP contribution is 2.03. The van der Waals surface area contributed by atoms with Gasteiger partial charge in [-0.15, -0.1) is 0 Å². The smallest absolute Gasteiger partial charge is 0.149 e. The lowest BCUT2D eigenvalue weighted by atomic mass is 10.2. The zero-order valence-electron chi connectivity index (χ0n) is 5.02. The Morgan fingerprint density at radius 2 is 2.43 bits per heavy atom. The summed E-state index contributed by atoms with van der Waals surface area (Å²) in [5.74, 6) is 0. The van der Waals surface area contributed by atoms with Gasteiger partial charge >= 0.3 is 0 Å². The molecule has 0 spiro atoms. The zero-order chi connectivity index (χ0) is 5.28. The maximum absolute atomic E-state index is 2.28. The van der Waals surface area contributed by atoms with Gasteiger partial charge in [0.2, 0.25) is 0 Å². The van der Waals surface area contributed by atoms with Crippen molar-refractivity contribution < 1.29 is 4.58 Å². The minimum Gasteiger partial charge on any atom is -0.240 e. The summed E-state index contributed by atoms with van der Waals surface area (Å²) in [6.45, 7) is 2.25. The Hall–Kier alpha value is -0.330. The summed E-state index contributed by atoms with van der Waals surface area (Å²) < 4.78 is 2.28. The van der Waals surface area contributed by atoms with Crippen LogP contribution in [0.1, 0.15) is 19.8 Å². The van der Waals surface area contributed by atoms with Crippen molar-refractivity contribution in [3.8, 4) is 0 Å². The third-order valence-corrected chi connectivity index (χ3v) is 1.70. The highest BCUT2D eigenvalue weighted by molar-refractivity contribution is 5.52. The Kier molecular flexibility index (Phi) is 1.13. The minimum absolute atomic E-state index is 0.792. The molecule has 0 saturated heterocycles. The van der Waals surface area contributed by atoms with Gasteiger partial charge in [-0.25, -0.2) is 4.58 Å². The van der Waals surface area contributed by atoms with Crippen molar-refractivity contribution >= 4 is 6.21 Å². The van der Waals surface area contributed by atoms with Gasteiger partial charge in [0, 0.05) is 12.8 Å². The van der Waals surface area contributed by atoms with Gasteiger partial charge in [0.15, 0.2) is 0 Å². The predicted molar refractivity (Wildman–Crippen MR) is 30.9 cm³/mol. The van der Waals surface area contributed by atoms with Crippen LogP contribution in [0.15, 0.2) is 0 Å². The highest BCUT2D eigenvalue weighted by Gasteiger charge is 2.15. The summed E-state index contributed by atoms with van der Waals surface area (Å²) in [7, 11) is 2.14. The first-order valence-corrected chi connectivity index (χ1v) is 2.86. The molecule has 1 nitrogen and oxygen atoms in total. The normalized spacial score (nSPS) is 30.6. The Bertz CT molecular complexity index is 94.4. The fourth-order valence-corrected chi connectivity index (χ4v) is 0.903. The molecule has 0 aromatic carbocycles. The molecule has 0 N–H and O–H groups in total. The molecule has 7 heavy (non-hydrogen) atoms. The van der Waals surface area contributed by atoms with Gasteiger partial charge in [0.1, 0.15) is 19.3 Å². The molecule has 1 rings (SSSR count). The summed E-state index contributed by atoms with van der Waals surface area (Å²) in [4.78, 5) is 0. The molecule has 0 aromatic rings. The molecule has 0 aliphatic carbocycles. The molecule has 1 heteroatoms. The van der Waals surface area contributed by atoms with Crippen LogP contribution in [-0.4, -0.2) is 23.9 Å². The molecule has 0 bridgehead atoms. The van der Waals surface area contributed by atoms with Crippen LogP contribution in [0.3, 0.4) is 0 Å². The molecule has 0 amide bonds. The molecule has 1 unspecified atom stereocenters. The molecule has 0 fully saturated rings. The van der Waals surface area contributed by atoms with E-state index in [0.29, 0.717) is 0 Å². The summed E-state index contributed by atoms with van der Waals surface area (Å²) >= 11 is 0. The Morgan fingerprint density at radius 1 is 1.71 bits per heavy atom. The minimum atomic E-state index is 0.792. The third-order valence-electron chi connectivity index (χ3n) is 1.70. The molecular weight excluding hydrogens is 86.1 g/mol. The van der Waals surface area contributed by atoms with Crippen LogP contribution in [0.5, 0.6) is 0 Å². The average Bonchev–Trinajstić information content (AvgIpc) is 1.91. The summed E-state index contributed by atoms with van der Waals surface area (Å²) in [5, 5.41) is 0. The van der Waals surface area contributed by atoms with E-state index in [1.54, 1.807) is 0 Å². The molecule has 0 saturated carbocycles. The number of hydrogen-bond acceptors (Lipinski definition) is 0. The van der Waals surface area contributed by atoms with E-state index in [4.69, 9.17) is 0 Å². The lowest BCUT2D eigenvalue weighted by molar-refractivity contribution is -0.521. The molecule has 0 radical (unpaired) electrons. The molecule has 40 valence electrons. The van der Waals surface area contributed by atoms with E-state index in [1.165, 1.54) is 12.8 Å². The lowest BCUT2D eigenvalue weighted by Crippen LogP contribution is -2.11. The van der Waals surface area contributed by atoms with Crippen molar-refractivity contribution in [2.24, 2.45) is 0 Å². The van der Waals surface area contributed by atoms with Crippen LogP contribution in [0.2, 0.25) is 0 Å². The van der Waals surface area contributed by atoms with Gasteiger partial charge in [-0.1, -0.05) is 0 Å². The van der Waals surface area contributed by atoms with Gasteiger partial charge in [-0.2, -0.15) is 0 Å². The lowest BCUT2D eigenvalue weighted by Gasteiger charge is -1.94. The number of hydrogen-bond donors (Lipinski definition) is 0. The molecular formula is C6H12N+. The Balaban J connectivity index is 2.54. The van der Waals surface area contributed by atoms with E-state index < -0.39 is 0 Å². The Morgan fingerprint density at radius 3 is 2.57 bits per heavy atom. The van der Waals surface area contributed by atoms with Gasteiger partial charge in [-0.3, -0.25) is 0 Å². The predicted octanol–water partition coefficient (Wildman–Crippen LogP) is 0.882. The maximum atomic E-state index is 2.28. The fraction of sp³-hybridized carbons (Fsp3) is 0.833. The molecule has 1 aliphatic rings. The van der Waals surface area contributed by atoms with Gasteiger partial charge < -0.3 is 0 Å². The monoisotopic (exact) mass is 98.1 g/mol. The third kappa shape index (κ3) is 0.817. The second-order valence-corrected chi connectivity index (χ2v) is 2.27. The van der Waals surface area contributed by atoms with Crippen molar-refractivity contribution in [1.29, 1.82) is 0 Å². The standard InChI is InChI=1S/C6H12N/c1-6-4-3-5-7(6)2/h5-6H,3-4H2,1-2H3/q+1. The van der Waals surface area contributed by atoms with Crippen molar-refractivity contribution in [3.05, 3.63) is 0 Å². The van der Waals surface area contributed by atoms with E-state index in [2.05, 4.69) is 24.8 Å². The zero-order valence-corrected chi connectivity index (χ0v) is 5.02. The summed E-state index contributed by atoms with van der Waals surface area (Å²) in [6.07, 6.45) is 4.87. The van der Waals surface area contributed by atoms with Crippen molar-refractivity contribution in [2.45, 2.75) is 25.8 Å². The van der Waals surface area contributed by atoms with Crippen molar-refractivity contribution in [2.75, 3.05) is 7.05 Å². The van der Waals surface area contributed by atoms with Crippen LogP contribution in [0, 0.1) is 0 Å². The first kappa shape index (κ1) is 4.82. The number of nitrogens with zero attached hydrogens (tertiary/aromatic N) is 1. The average molecular weight is 98.2 g/mol. The van der Waals surface area contributed by atoms with Gasteiger partial charge in [0.25, 0.3) is 0 Å². The largest absolute Gasteiger partial charge is 0.240 e. The topological polar surface area (TPSA) is 3.01 Å². The molecule has 1 aliphatic heterocycles. The molecule has 0 aromatic heterocycles. The quantitative estimate of drug-likeness (QED) is 0.396. The number of rotatable bonds is 0. The van der Waals surface area contributed by atoms with Crippen molar-refractivity contribution in [3.63, 3.8) is 0 Å². The van der Waals surface area contributed by atoms with E-state index in [-0.39, 0.29) is 0 Å². The molecule has 1 heterocycles. The van der Waals surface area contributed by atoms with Crippen LogP contribution in [0.25, 0.3) is 0 Å². The van der Waals surface area contributed by atoms with Crippen LogP contribution in [0.4, 0.5) is 0 Å². The van der Waals surface area contributed by atoms with E-state index in [9.17, 15) is 0 Å². The van der Waals surface area contributed by atoms with E-state index in [1.807, 2.05) is 0 Å². The van der Waals surface area contributed by atoms with Crippen molar-refractivity contribution in [1.82, 2.24) is 0 Å². The summed E-state index contributed by atoms with van der Waals surface area (Å²) in [5.41, 5.74) is 0. The second-order valence-electron chi connectivity index (χ2n) is 2.27. The van der Waals surface area contributed by atoms with E-state index in [0.717, 1.165) is 6.04 Å². The van der Waals surface area contributed by atoms with Gasteiger partial charge in [-0.05, 0) is 6.92 Å². The first-order chi connectivity index (χ1) is 3.30. The Labute approximate surface area is 44.7 Å². The fourth-order valence-electron chi connectivity index (χ4n) is 0.903. The van der Waals surface area contributed by atoms with Crippen LogP contribution >= 0.6 is 0 Å². The highest BCUT2D eigenvalue weighted by atomic mass is 15.0. The maximum Gasteiger partial charge on any atom is 0.149 e. The van der Waals surface area contributed by atoms with E-state index >= 15 is 0 Å².